The summed E-state index contributed by atoms with van der Waals surface area (Å²) in [4.78, 5) is 6.53. The molecule has 0 saturated heterocycles. The van der Waals surface area contributed by atoms with Crippen molar-refractivity contribution in [1.82, 2.24) is 20.0 Å². The topological polar surface area (TPSA) is 21.8 Å². The Morgan fingerprint density at radius 2 is 1.85 bits per heavy atom. The highest BCUT2D eigenvalue weighted by Crippen LogP contribution is 2.42. The second-order valence-corrected chi connectivity index (χ2v) is 6.95. The zero-order chi connectivity index (χ0) is 19.6. The highest BCUT2D eigenvalue weighted by Gasteiger charge is 2.39. The van der Waals surface area contributed by atoms with Crippen molar-refractivity contribution in [2.24, 2.45) is 0 Å². The van der Waals surface area contributed by atoms with Crippen molar-refractivity contribution in [3.63, 3.8) is 0 Å². The van der Waals surface area contributed by atoms with E-state index in [1.54, 1.807) is 12.1 Å². The number of likely N-dealkylation sites (N-methyl/N-ethyl adjacent to an activating group) is 1. The van der Waals surface area contributed by atoms with E-state index in [0.29, 0.717) is 6.54 Å². The largest absolute Gasteiger partial charge is 0.387 e. The average Bonchev–Trinajstić information content (AvgIpc) is 2.94. The summed E-state index contributed by atoms with van der Waals surface area (Å²) in [5, 5.41) is 3.19. The molecule has 0 spiro atoms. The fraction of sp³-hybridized carbons (Fsp3) is 0.273. The Hall–Kier alpha value is -2.95. The third kappa shape index (κ3) is 3.63. The zero-order valence-corrected chi connectivity index (χ0v) is 16.4. The minimum Gasteiger partial charge on any atom is -0.387 e. The SMILES string of the molecule is C=C(NC)C1=C(N(C)C)N(C)C(c2cccc(F)c2)N1Cc1ccccc1. The molecular formula is C22H27FN4. The van der Waals surface area contributed by atoms with Gasteiger partial charge in [-0.25, -0.2) is 4.39 Å². The molecule has 1 heterocycles. The lowest BCUT2D eigenvalue weighted by Crippen LogP contribution is -2.32. The van der Waals surface area contributed by atoms with Crippen LogP contribution < -0.4 is 5.32 Å². The Morgan fingerprint density at radius 3 is 2.44 bits per heavy atom. The smallest absolute Gasteiger partial charge is 0.131 e. The lowest BCUT2D eigenvalue weighted by molar-refractivity contribution is 0.142. The standard InChI is InChI=1S/C22H27FN4/c1-16(24-2)20-22(25(3)4)26(5)21(18-12-9-13-19(23)14-18)27(20)15-17-10-7-6-8-11-17/h6-14,21,24H,1,15H2,2-5H3. The maximum absolute atomic E-state index is 14.0. The van der Waals surface area contributed by atoms with Gasteiger partial charge >= 0.3 is 0 Å². The summed E-state index contributed by atoms with van der Waals surface area (Å²) in [6.45, 7) is 4.92. The van der Waals surface area contributed by atoms with Crippen molar-refractivity contribution in [2.45, 2.75) is 12.7 Å². The van der Waals surface area contributed by atoms with Crippen molar-refractivity contribution < 1.29 is 4.39 Å². The summed E-state index contributed by atoms with van der Waals surface area (Å²) in [5.41, 5.74) is 3.95. The van der Waals surface area contributed by atoms with Crippen molar-refractivity contribution >= 4 is 0 Å². The van der Waals surface area contributed by atoms with E-state index in [9.17, 15) is 4.39 Å². The van der Waals surface area contributed by atoms with Gasteiger partial charge in [0.25, 0.3) is 0 Å². The number of nitrogens with one attached hydrogen (secondary N) is 1. The van der Waals surface area contributed by atoms with Crippen molar-refractivity contribution in [3.8, 4) is 0 Å². The minimum atomic E-state index is -0.229. The molecule has 0 bridgehead atoms. The average molecular weight is 366 g/mol. The van der Waals surface area contributed by atoms with Gasteiger partial charge in [0.2, 0.25) is 0 Å². The Balaban J connectivity index is 2.13. The Bertz CT molecular complexity index is 844. The molecular weight excluding hydrogens is 339 g/mol. The van der Waals surface area contributed by atoms with E-state index in [1.165, 1.54) is 11.6 Å². The van der Waals surface area contributed by atoms with E-state index < -0.39 is 0 Å². The van der Waals surface area contributed by atoms with Gasteiger partial charge in [-0.1, -0.05) is 49.0 Å². The maximum atomic E-state index is 14.0. The first-order chi connectivity index (χ1) is 12.9. The summed E-state index contributed by atoms with van der Waals surface area (Å²) in [7, 11) is 7.95. The second kappa shape index (κ2) is 7.74. The molecule has 5 heteroatoms. The Labute approximate surface area is 161 Å². The predicted octanol–water partition coefficient (Wildman–Crippen LogP) is 3.74. The Morgan fingerprint density at radius 1 is 1.15 bits per heavy atom. The molecule has 0 radical (unpaired) electrons. The van der Waals surface area contributed by atoms with Crippen LogP contribution in [0.15, 0.2) is 78.4 Å². The quantitative estimate of drug-likeness (QED) is 0.841. The molecule has 0 aliphatic carbocycles. The van der Waals surface area contributed by atoms with Crippen LogP contribution in [0.4, 0.5) is 4.39 Å². The van der Waals surface area contributed by atoms with Gasteiger partial charge in [-0.15, -0.1) is 0 Å². The van der Waals surface area contributed by atoms with Crippen LogP contribution in [-0.2, 0) is 6.54 Å². The maximum Gasteiger partial charge on any atom is 0.131 e. The van der Waals surface area contributed by atoms with E-state index in [4.69, 9.17) is 0 Å². The van der Waals surface area contributed by atoms with Gasteiger partial charge in [0, 0.05) is 34.7 Å². The van der Waals surface area contributed by atoms with E-state index >= 15 is 0 Å². The first-order valence-electron chi connectivity index (χ1n) is 9.01. The van der Waals surface area contributed by atoms with Gasteiger partial charge < -0.3 is 20.0 Å². The number of rotatable bonds is 6. The fourth-order valence-corrected chi connectivity index (χ4v) is 3.71. The van der Waals surface area contributed by atoms with Crippen LogP contribution in [0.2, 0.25) is 0 Å². The molecule has 1 atom stereocenters. The van der Waals surface area contributed by atoms with Gasteiger partial charge in [0.15, 0.2) is 0 Å². The fourth-order valence-electron chi connectivity index (χ4n) is 3.71. The van der Waals surface area contributed by atoms with E-state index in [1.807, 2.05) is 52.5 Å². The van der Waals surface area contributed by atoms with E-state index in [2.05, 4.69) is 38.7 Å². The molecule has 0 amide bonds. The lowest BCUT2D eigenvalue weighted by atomic mass is 10.1. The normalized spacial score (nSPS) is 16.7. The summed E-state index contributed by atoms with van der Waals surface area (Å²) in [6, 6.07) is 17.1. The Kier molecular flexibility index (Phi) is 5.40. The van der Waals surface area contributed by atoms with Gasteiger partial charge in [-0.2, -0.15) is 0 Å². The molecule has 0 aromatic heterocycles. The lowest BCUT2D eigenvalue weighted by Gasteiger charge is -2.34. The van der Waals surface area contributed by atoms with Crippen LogP contribution in [0.1, 0.15) is 17.3 Å². The molecule has 142 valence electrons. The first kappa shape index (κ1) is 18.8. The molecule has 1 aliphatic heterocycles. The molecule has 27 heavy (non-hydrogen) atoms. The monoisotopic (exact) mass is 366 g/mol. The second-order valence-electron chi connectivity index (χ2n) is 6.95. The molecule has 2 aromatic rings. The highest BCUT2D eigenvalue weighted by atomic mass is 19.1. The van der Waals surface area contributed by atoms with Crippen LogP contribution in [0, 0.1) is 5.82 Å². The van der Waals surface area contributed by atoms with Crippen molar-refractivity contribution in [1.29, 1.82) is 0 Å². The van der Waals surface area contributed by atoms with Crippen LogP contribution in [0.25, 0.3) is 0 Å². The molecule has 0 saturated carbocycles. The van der Waals surface area contributed by atoms with E-state index in [-0.39, 0.29) is 12.0 Å². The zero-order valence-electron chi connectivity index (χ0n) is 16.4. The van der Waals surface area contributed by atoms with Gasteiger partial charge in [-0.3, -0.25) is 0 Å². The number of nitrogens with zero attached hydrogens (tertiary/aromatic N) is 3. The predicted molar refractivity (Wildman–Crippen MR) is 108 cm³/mol. The number of hydrogen-bond donors (Lipinski definition) is 1. The molecule has 4 nitrogen and oxygen atoms in total. The number of hydrogen-bond acceptors (Lipinski definition) is 4. The molecule has 1 N–H and O–H groups in total. The highest BCUT2D eigenvalue weighted by molar-refractivity contribution is 5.38. The third-order valence-electron chi connectivity index (χ3n) is 4.85. The number of halogens is 1. The van der Waals surface area contributed by atoms with Crippen LogP contribution in [-0.4, -0.2) is 42.9 Å². The summed E-state index contributed by atoms with van der Waals surface area (Å²) >= 11 is 0. The van der Waals surface area contributed by atoms with E-state index in [0.717, 1.165) is 22.8 Å². The molecule has 0 fully saturated rings. The van der Waals surface area contributed by atoms with Gasteiger partial charge in [0.05, 0.1) is 5.70 Å². The van der Waals surface area contributed by atoms with Crippen molar-refractivity contribution in [3.05, 3.63) is 95.3 Å². The van der Waals surface area contributed by atoms with Crippen LogP contribution >= 0.6 is 0 Å². The first-order valence-corrected chi connectivity index (χ1v) is 9.01. The number of benzene rings is 2. The molecule has 2 aromatic carbocycles. The summed E-state index contributed by atoms with van der Waals surface area (Å²) in [5.74, 6) is 0.812. The third-order valence-corrected chi connectivity index (χ3v) is 4.85. The van der Waals surface area contributed by atoms with Crippen LogP contribution in [0.3, 0.4) is 0 Å². The van der Waals surface area contributed by atoms with Gasteiger partial charge in [-0.05, 0) is 23.3 Å². The van der Waals surface area contributed by atoms with Crippen LogP contribution in [0.5, 0.6) is 0 Å². The van der Waals surface area contributed by atoms with Gasteiger partial charge in [0.1, 0.15) is 23.5 Å². The summed E-state index contributed by atoms with van der Waals surface area (Å²) < 4.78 is 14.0. The van der Waals surface area contributed by atoms with Crippen molar-refractivity contribution in [2.75, 3.05) is 28.2 Å². The molecule has 3 rings (SSSR count). The summed E-state index contributed by atoms with van der Waals surface area (Å²) in [6.07, 6.45) is -0.126. The minimum absolute atomic E-state index is 0.126. The molecule has 1 aliphatic rings. The molecule has 1 unspecified atom stereocenters.